The van der Waals surface area contributed by atoms with Crippen LogP contribution in [0.25, 0.3) is 0 Å². The molecule has 75 heavy (non-hydrogen) atoms. The van der Waals surface area contributed by atoms with Crippen LogP contribution in [-0.4, -0.2) is 96.7 Å². The van der Waals surface area contributed by atoms with Gasteiger partial charge in [0.1, 0.15) is 19.3 Å². The molecule has 2 unspecified atom stereocenters. The summed E-state index contributed by atoms with van der Waals surface area (Å²) in [6, 6.07) is 0. The number of aliphatic hydroxyl groups is 1. The van der Waals surface area contributed by atoms with Crippen molar-refractivity contribution in [3.05, 3.63) is 0 Å². The van der Waals surface area contributed by atoms with Crippen LogP contribution in [0.5, 0.6) is 0 Å². The van der Waals surface area contributed by atoms with E-state index in [4.69, 9.17) is 37.0 Å². The first-order valence-corrected chi connectivity index (χ1v) is 32.6. The van der Waals surface area contributed by atoms with Crippen molar-refractivity contribution in [2.75, 3.05) is 39.6 Å². The Morgan fingerprint density at radius 3 is 0.907 bits per heavy atom. The largest absolute Gasteiger partial charge is 0.472 e. The fourth-order valence-corrected chi connectivity index (χ4v) is 9.75. The van der Waals surface area contributed by atoms with Crippen molar-refractivity contribution >= 4 is 39.5 Å². The fraction of sp³-hybridized carbons (Fsp3) is 0.929. The van der Waals surface area contributed by atoms with Crippen LogP contribution in [0.4, 0.5) is 0 Å². The van der Waals surface area contributed by atoms with Gasteiger partial charge in [-0.2, -0.15) is 0 Å². The normalized spacial score (nSPS) is 14.5. The van der Waals surface area contributed by atoms with Crippen LogP contribution in [0, 0.1) is 5.92 Å². The molecule has 19 heteroatoms. The first-order chi connectivity index (χ1) is 36.0. The molecule has 0 fully saturated rings. The maximum absolute atomic E-state index is 12.9. The molecule has 0 saturated carbocycles. The highest BCUT2D eigenvalue weighted by atomic mass is 31.2. The number of phosphoric acid groups is 2. The molecule has 5 atom stereocenters. The molecule has 0 rings (SSSR count). The highest BCUT2D eigenvalue weighted by molar-refractivity contribution is 7.47. The summed E-state index contributed by atoms with van der Waals surface area (Å²) in [5.74, 6) is -1.42. The Labute approximate surface area is 454 Å². The topological polar surface area (TPSA) is 237 Å². The van der Waals surface area contributed by atoms with E-state index in [1.807, 2.05) is 0 Å². The summed E-state index contributed by atoms with van der Waals surface area (Å²) in [5, 5.41) is 10.5. The molecule has 0 amide bonds. The summed E-state index contributed by atoms with van der Waals surface area (Å²) in [6.45, 7) is 6.99. The number of hydrogen-bond donors (Lipinski definition) is 3. The number of phosphoric ester groups is 2. The first-order valence-electron chi connectivity index (χ1n) is 29.6. The van der Waals surface area contributed by atoms with Crippen molar-refractivity contribution in [1.82, 2.24) is 0 Å². The van der Waals surface area contributed by atoms with Crippen molar-refractivity contribution in [2.45, 2.75) is 291 Å². The molecule has 0 aliphatic rings. The molecule has 0 aromatic heterocycles. The number of ether oxygens (including phenoxy) is 4. The number of unbranched alkanes of at least 4 members (excludes halogenated alkanes) is 28. The summed E-state index contributed by atoms with van der Waals surface area (Å²) in [7, 11) is -9.86. The van der Waals surface area contributed by atoms with E-state index in [2.05, 4.69) is 34.6 Å². The molecule has 0 bridgehead atoms. The van der Waals surface area contributed by atoms with Crippen LogP contribution in [0.2, 0.25) is 0 Å². The Balaban J connectivity index is 5.18. The average molecular weight is 1120 g/mol. The first kappa shape index (κ1) is 73.1. The smallest absolute Gasteiger partial charge is 0.462 e. The van der Waals surface area contributed by atoms with Crippen LogP contribution < -0.4 is 0 Å². The Bertz CT molecular complexity index is 1480. The summed E-state index contributed by atoms with van der Waals surface area (Å²) in [4.78, 5) is 71.5. The number of rotatable bonds is 56. The van der Waals surface area contributed by atoms with E-state index < -0.39 is 97.5 Å². The average Bonchev–Trinajstić information content (AvgIpc) is 3.37. The van der Waals surface area contributed by atoms with Gasteiger partial charge in [-0.05, 0) is 31.6 Å². The third-order valence-electron chi connectivity index (χ3n) is 12.8. The lowest BCUT2D eigenvalue weighted by atomic mass is 10.0. The zero-order valence-corrected chi connectivity index (χ0v) is 49.5. The molecular formula is C56H108O17P2. The molecule has 0 saturated heterocycles. The molecular weight excluding hydrogens is 1010 g/mol. The van der Waals surface area contributed by atoms with Gasteiger partial charge >= 0.3 is 39.5 Å². The zero-order valence-electron chi connectivity index (χ0n) is 47.7. The van der Waals surface area contributed by atoms with E-state index in [9.17, 15) is 43.2 Å². The van der Waals surface area contributed by atoms with E-state index in [1.54, 1.807) is 0 Å². The van der Waals surface area contributed by atoms with Crippen molar-refractivity contribution in [1.29, 1.82) is 0 Å². The lowest BCUT2D eigenvalue weighted by Crippen LogP contribution is -2.30. The molecule has 0 aromatic rings. The van der Waals surface area contributed by atoms with Crippen molar-refractivity contribution in [2.24, 2.45) is 5.92 Å². The number of esters is 4. The standard InChI is InChI=1S/C56H108O17P2/c1-6-9-12-15-17-20-25-30-35-40-54(59)67-46-52(73-56(61)42-37-32-27-23-19-22-24-29-33-38-49(4)5)48-71-75(64,65)69-44-50(57)43-68-74(62,63)70-47-51(45-66-53(58)39-34-28-14-11-8-3)72-55(60)41-36-31-26-21-18-16-13-10-7-2/h49-52,57H,6-48H2,1-5H3,(H,62,63)(H,64,65)/t50-,51+,52+/m0/s1. The molecule has 3 N–H and O–H groups in total. The molecule has 17 nitrogen and oxygen atoms in total. The van der Waals surface area contributed by atoms with Gasteiger partial charge in [0.05, 0.1) is 26.4 Å². The number of carbonyl (C=O) groups excluding carboxylic acids is 4. The highest BCUT2D eigenvalue weighted by Crippen LogP contribution is 2.45. The van der Waals surface area contributed by atoms with Gasteiger partial charge < -0.3 is 33.8 Å². The van der Waals surface area contributed by atoms with Crippen LogP contribution in [0.1, 0.15) is 272 Å². The van der Waals surface area contributed by atoms with Gasteiger partial charge in [-0.3, -0.25) is 37.3 Å². The van der Waals surface area contributed by atoms with Gasteiger partial charge in [0.25, 0.3) is 0 Å². The van der Waals surface area contributed by atoms with Crippen molar-refractivity contribution in [3.8, 4) is 0 Å². The van der Waals surface area contributed by atoms with Crippen LogP contribution >= 0.6 is 15.6 Å². The summed E-state index contributed by atoms with van der Waals surface area (Å²) in [6.07, 6.45) is 31.1. The predicted molar refractivity (Wildman–Crippen MR) is 294 cm³/mol. The lowest BCUT2D eigenvalue weighted by Gasteiger charge is -2.21. The van der Waals surface area contributed by atoms with E-state index in [1.165, 1.54) is 89.9 Å². The predicted octanol–water partition coefficient (Wildman–Crippen LogP) is 14.7. The Morgan fingerprint density at radius 2 is 0.613 bits per heavy atom. The molecule has 0 aliphatic heterocycles. The maximum atomic E-state index is 12.9. The number of carbonyl (C=O) groups is 4. The van der Waals surface area contributed by atoms with Crippen molar-refractivity contribution < 1.29 is 80.2 Å². The second kappa shape index (κ2) is 50.3. The summed E-state index contributed by atoms with van der Waals surface area (Å²) < 4.78 is 67.4. The van der Waals surface area contributed by atoms with Gasteiger partial charge in [0.15, 0.2) is 12.2 Å². The van der Waals surface area contributed by atoms with Gasteiger partial charge in [0, 0.05) is 25.7 Å². The van der Waals surface area contributed by atoms with Crippen LogP contribution in [0.3, 0.4) is 0 Å². The van der Waals surface area contributed by atoms with E-state index in [-0.39, 0.29) is 25.7 Å². The molecule has 444 valence electrons. The summed E-state index contributed by atoms with van der Waals surface area (Å²) in [5.41, 5.74) is 0. The minimum Gasteiger partial charge on any atom is -0.462 e. The third kappa shape index (κ3) is 51.3. The second-order valence-electron chi connectivity index (χ2n) is 20.8. The molecule has 0 radical (unpaired) electrons. The highest BCUT2D eigenvalue weighted by Gasteiger charge is 2.30. The number of aliphatic hydroxyl groups excluding tert-OH is 1. The Hall–Kier alpha value is -1.94. The van der Waals surface area contributed by atoms with Crippen LogP contribution in [0.15, 0.2) is 0 Å². The Kier molecular flexibility index (Phi) is 49.0. The fourth-order valence-electron chi connectivity index (χ4n) is 8.17. The minimum atomic E-state index is -4.93. The SMILES string of the molecule is CCCCCCCCCCCC(=O)OC[C@H](COP(=O)(O)OC[C@@H](O)COP(=O)(O)OC[C@@H](COC(=O)CCCCCCC)OC(=O)CCCCCCCCCCC)OC(=O)CCCCCCCCCCCC(C)C. The summed E-state index contributed by atoms with van der Waals surface area (Å²) >= 11 is 0. The minimum absolute atomic E-state index is 0.105. The second-order valence-corrected chi connectivity index (χ2v) is 23.7. The van der Waals surface area contributed by atoms with Gasteiger partial charge in [0.2, 0.25) is 0 Å². The monoisotopic (exact) mass is 1110 g/mol. The van der Waals surface area contributed by atoms with Crippen LogP contribution in [-0.2, 0) is 65.4 Å². The van der Waals surface area contributed by atoms with E-state index >= 15 is 0 Å². The molecule has 0 spiro atoms. The quantitative estimate of drug-likeness (QED) is 0.0222. The molecule has 0 aliphatic carbocycles. The molecule has 0 aromatic carbocycles. The third-order valence-corrected chi connectivity index (χ3v) is 14.7. The molecule has 0 heterocycles. The van der Waals surface area contributed by atoms with E-state index in [0.717, 1.165) is 102 Å². The van der Waals surface area contributed by atoms with Gasteiger partial charge in [-0.1, -0.05) is 221 Å². The van der Waals surface area contributed by atoms with Gasteiger partial charge in [-0.15, -0.1) is 0 Å². The maximum Gasteiger partial charge on any atom is 0.472 e. The van der Waals surface area contributed by atoms with E-state index in [0.29, 0.717) is 25.7 Å². The zero-order chi connectivity index (χ0) is 55.7. The van der Waals surface area contributed by atoms with Crippen molar-refractivity contribution in [3.63, 3.8) is 0 Å². The number of hydrogen-bond acceptors (Lipinski definition) is 15. The Morgan fingerprint density at radius 1 is 0.360 bits per heavy atom. The lowest BCUT2D eigenvalue weighted by molar-refractivity contribution is -0.161. The van der Waals surface area contributed by atoms with Gasteiger partial charge in [-0.25, -0.2) is 9.13 Å².